The molecule has 0 aliphatic heterocycles. The van der Waals surface area contributed by atoms with E-state index in [4.69, 9.17) is 11.6 Å². The van der Waals surface area contributed by atoms with E-state index >= 15 is 0 Å². The van der Waals surface area contributed by atoms with Gasteiger partial charge >= 0.3 is 0 Å². The maximum Gasteiger partial charge on any atom is 0.263 e. The van der Waals surface area contributed by atoms with Gasteiger partial charge in [-0.3, -0.25) is 9.36 Å². The van der Waals surface area contributed by atoms with Crippen LogP contribution in [0.25, 0.3) is 21.3 Å². The van der Waals surface area contributed by atoms with E-state index in [0.29, 0.717) is 21.8 Å². The molecular formula is C20H14ClFN2OS. The number of thiophene rings is 1. The van der Waals surface area contributed by atoms with Gasteiger partial charge in [0.25, 0.3) is 5.56 Å². The molecule has 0 aliphatic carbocycles. The van der Waals surface area contributed by atoms with Crippen molar-refractivity contribution in [1.29, 1.82) is 0 Å². The molecule has 26 heavy (non-hydrogen) atoms. The number of rotatable bonds is 3. The fraction of sp³-hybridized carbons (Fsp3) is 0.100. The number of fused-ring (bicyclic) bond motifs is 1. The molecule has 0 N–H and O–H groups in total. The minimum atomic E-state index is -0.305. The summed E-state index contributed by atoms with van der Waals surface area (Å²) in [6.45, 7) is 2.29. The van der Waals surface area contributed by atoms with E-state index in [0.717, 1.165) is 21.6 Å². The summed E-state index contributed by atoms with van der Waals surface area (Å²) >= 11 is 7.69. The maximum absolute atomic E-state index is 13.3. The first-order chi connectivity index (χ1) is 12.5. The molecule has 0 radical (unpaired) electrons. The molecule has 130 valence electrons. The predicted octanol–water partition coefficient (Wildman–Crippen LogP) is 5.27. The number of hydrogen-bond donors (Lipinski definition) is 0. The first-order valence-electron chi connectivity index (χ1n) is 8.02. The van der Waals surface area contributed by atoms with E-state index in [-0.39, 0.29) is 11.4 Å². The highest BCUT2D eigenvalue weighted by molar-refractivity contribution is 7.19. The Balaban J connectivity index is 1.89. The molecule has 6 heteroatoms. The second-order valence-corrected chi connectivity index (χ2v) is 7.60. The van der Waals surface area contributed by atoms with E-state index in [1.54, 1.807) is 29.1 Å². The summed E-state index contributed by atoms with van der Waals surface area (Å²) in [5.74, 6) is -0.305. The molecule has 0 aliphatic rings. The van der Waals surface area contributed by atoms with Gasteiger partial charge in [0, 0.05) is 15.5 Å². The lowest BCUT2D eigenvalue weighted by atomic mass is 10.0. The van der Waals surface area contributed by atoms with Crippen LogP contribution in [0.3, 0.4) is 0 Å². The van der Waals surface area contributed by atoms with Gasteiger partial charge in [-0.05, 0) is 36.2 Å². The Kier molecular flexibility index (Phi) is 4.34. The van der Waals surface area contributed by atoms with E-state index in [2.05, 4.69) is 4.98 Å². The summed E-state index contributed by atoms with van der Waals surface area (Å²) in [5.41, 5.74) is 2.35. The van der Waals surface area contributed by atoms with E-state index in [1.165, 1.54) is 23.5 Å². The van der Waals surface area contributed by atoms with Crippen molar-refractivity contribution in [3.8, 4) is 11.1 Å². The van der Waals surface area contributed by atoms with Gasteiger partial charge in [-0.25, -0.2) is 9.37 Å². The summed E-state index contributed by atoms with van der Waals surface area (Å²) in [7, 11) is 0. The molecule has 0 fully saturated rings. The molecule has 2 aromatic carbocycles. The third kappa shape index (κ3) is 2.93. The van der Waals surface area contributed by atoms with E-state index in [9.17, 15) is 9.18 Å². The minimum Gasteiger partial charge on any atom is -0.294 e. The Labute approximate surface area is 158 Å². The van der Waals surface area contributed by atoms with Crippen LogP contribution >= 0.6 is 22.9 Å². The van der Waals surface area contributed by atoms with E-state index in [1.807, 2.05) is 25.1 Å². The molecule has 0 unspecified atom stereocenters. The van der Waals surface area contributed by atoms with Crippen LogP contribution in [0.15, 0.2) is 59.7 Å². The van der Waals surface area contributed by atoms with Crippen molar-refractivity contribution < 1.29 is 4.39 Å². The Morgan fingerprint density at radius 1 is 1.15 bits per heavy atom. The minimum absolute atomic E-state index is 0.126. The van der Waals surface area contributed by atoms with Crippen LogP contribution in [-0.2, 0) is 6.54 Å². The molecular weight excluding hydrogens is 371 g/mol. The lowest BCUT2D eigenvalue weighted by Crippen LogP contribution is -2.21. The van der Waals surface area contributed by atoms with E-state index < -0.39 is 0 Å². The van der Waals surface area contributed by atoms with Crippen molar-refractivity contribution in [2.75, 3.05) is 0 Å². The van der Waals surface area contributed by atoms with Crippen LogP contribution in [0.1, 0.15) is 10.4 Å². The smallest absolute Gasteiger partial charge is 0.263 e. The van der Waals surface area contributed by atoms with Gasteiger partial charge in [-0.15, -0.1) is 11.3 Å². The predicted molar refractivity (Wildman–Crippen MR) is 105 cm³/mol. The van der Waals surface area contributed by atoms with Gasteiger partial charge in [0.1, 0.15) is 10.6 Å². The number of benzene rings is 2. The van der Waals surface area contributed by atoms with Crippen LogP contribution in [0.4, 0.5) is 4.39 Å². The normalized spacial score (nSPS) is 11.2. The van der Waals surface area contributed by atoms with Crippen molar-refractivity contribution in [3.05, 3.63) is 86.5 Å². The topological polar surface area (TPSA) is 34.9 Å². The highest BCUT2D eigenvalue weighted by atomic mass is 35.5. The molecule has 0 atom stereocenters. The first-order valence-corrected chi connectivity index (χ1v) is 9.22. The highest BCUT2D eigenvalue weighted by Crippen LogP contribution is 2.35. The van der Waals surface area contributed by atoms with Crippen molar-refractivity contribution >= 4 is 33.2 Å². The quantitative estimate of drug-likeness (QED) is 0.482. The zero-order valence-corrected chi connectivity index (χ0v) is 15.4. The van der Waals surface area contributed by atoms with Crippen LogP contribution in [0.2, 0.25) is 5.02 Å². The Morgan fingerprint density at radius 3 is 2.62 bits per heavy atom. The maximum atomic E-state index is 13.3. The van der Waals surface area contributed by atoms with Gasteiger partial charge in [0.2, 0.25) is 0 Å². The second kappa shape index (κ2) is 6.67. The summed E-state index contributed by atoms with van der Waals surface area (Å²) in [5, 5.41) is 1.17. The third-order valence-corrected chi connectivity index (χ3v) is 5.67. The first kappa shape index (κ1) is 16.9. The van der Waals surface area contributed by atoms with Crippen LogP contribution in [0, 0.1) is 12.7 Å². The molecule has 4 rings (SSSR count). The van der Waals surface area contributed by atoms with Gasteiger partial charge in [-0.2, -0.15) is 0 Å². The lowest BCUT2D eigenvalue weighted by Gasteiger charge is -2.08. The molecule has 0 amide bonds. The number of hydrogen-bond acceptors (Lipinski definition) is 3. The summed E-state index contributed by atoms with van der Waals surface area (Å²) in [6, 6.07) is 13.6. The fourth-order valence-electron chi connectivity index (χ4n) is 3.02. The van der Waals surface area contributed by atoms with Crippen molar-refractivity contribution in [2.45, 2.75) is 13.5 Å². The fourth-order valence-corrected chi connectivity index (χ4v) is 4.22. The number of halogens is 2. The monoisotopic (exact) mass is 384 g/mol. The molecule has 4 aromatic rings. The molecule has 0 saturated heterocycles. The second-order valence-electron chi connectivity index (χ2n) is 5.99. The van der Waals surface area contributed by atoms with Crippen molar-refractivity contribution in [1.82, 2.24) is 9.55 Å². The molecule has 0 bridgehead atoms. The van der Waals surface area contributed by atoms with Gasteiger partial charge in [-0.1, -0.05) is 41.9 Å². The third-order valence-electron chi connectivity index (χ3n) is 4.29. The molecule has 0 saturated carbocycles. The zero-order valence-electron chi connectivity index (χ0n) is 13.9. The van der Waals surface area contributed by atoms with Gasteiger partial charge < -0.3 is 0 Å². The zero-order chi connectivity index (χ0) is 18.3. The lowest BCUT2D eigenvalue weighted by molar-refractivity contribution is 0.628. The van der Waals surface area contributed by atoms with Gasteiger partial charge in [0.05, 0.1) is 18.3 Å². The number of aromatic nitrogens is 2. The van der Waals surface area contributed by atoms with Crippen LogP contribution < -0.4 is 5.56 Å². The van der Waals surface area contributed by atoms with Crippen molar-refractivity contribution in [2.24, 2.45) is 0 Å². The number of nitrogens with zero attached hydrogens (tertiary/aromatic N) is 2. The largest absolute Gasteiger partial charge is 0.294 e. The van der Waals surface area contributed by atoms with Crippen LogP contribution in [-0.4, -0.2) is 9.55 Å². The van der Waals surface area contributed by atoms with Gasteiger partial charge in [0.15, 0.2) is 0 Å². The highest BCUT2D eigenvalue weighted by Gasteiger charge is 2.17. The summed E-state index contributed by atoms with van der Waals surface area (Å²) in [6.07, 6.45) is 1.55. The standard InChI is InChI=1S/C20H14ClFN2OS/c1-12-17(13-6-8-15(22)9-7-13)18-19(26-12)23-11-24(20(18)25)10-14-4-2-3-5-16(14)21/h2-9,11H,10H2,1H3. The molecule has 2 aromatic heterocycles. The SMILES string of the molecule is Cc1sc2ncn(Cc3ccccc3Cl)c(=O)c2c1-c1ccc(F)cc1. The summed E-state index contributed by atoms with van der Waals surface area (Å²) in [4.78, 5) is 19.2. The average molecular weight is 385 g/mol. The molecule has 0 spiro atoms. The van der Waals surface area contributed by atoms with Crippen LogP contribution in [0.5, 0.6) is 0 Å². The molecule has 3 nitrogen and oxygen atoms in total. The average Bonchev–Trinajstić information content (AvgIpc) is 2.97. The van der Waals surface area contributed by atoms with Crippen molar-refractivity contribution in [3.63, 3.8) is 0 Å². The summed E-state index contributed by atoms with van der Waals surface area (Å²) < 4.78 is 14.8. The Bertz CT molecular complexity index is 1160. The Morgan fingerprint density at radius 2 is 1.88 bits per heavy atom. The molecule has 2 heterocycles. The Hall–Kier alpha value is -2.50. The number of aryl methyl sites for hydroxylation is 1.